The highest BCUT2D eigenvalue weighted by atomic mass is 16.5. The number of hydrogen-bond donors (Lipinski definition) is 1. The van der Waals surface area contributed by atoms with Gasteiger partial charge >= 0.3 is 11.9 Å². The van der Waals surface area contributed by atoms with Gasteiger partial charge in [0.25, 0.3) is 0 Å². The van der Waals surface area contributed by atoms with Gasteiger partial charge in [-0.25, -0.2) is 14.3 Å². The molecule has 0 aliphatic rings. The lowest BCUT2D eigenvalue weighted by molar-refractivity contribution is -0.119. The van der Waals surface area contributed by atoms with Gasteiger partial charge in [0.2, 0.25) is 11.6 Å². The minimum Gasteiger partial charge on any atom is -0.495 e. The molecule has 0 unspecified atom stereocenters. The zero-order chi connectivity index (χ0) is 20.8. The second-order valence-electron chi connectivity index (χ2n) is 5.83. The maximum Gasteiger partial charge on any atom is 0.361 e. The van der Waals surface area contributed by atoms with Crippen molar-refractivity contribution < 1.29 is 28.6 Å². The Kier molecular flexibility index (Phi) is 6.69. The van der Waals surface area contributed by atoms with Crippen LogP contribution in [0, 0.1) is 6.92 Å². The standard InChI is InChI=1S/C18H22N4O6/c1-6-12(16(23)19-11-9-10(2)7-8-13(11)26-3)22-15(18(25)28-5)14(20-21-22)17(24)27-4/h7-9,12H,6H2,1-5H3,(H,19,23)/t12-/m1/s1. The van der Waals surface area contributed by atoms with Gasteiger partial charge in [-0.15, -0.1) is 5.10 Å². The molecule has 1 heterocycles. The van der Waals surface area contributed by atoms with E-state index in [0.717, 1.165) is 24.5 Å². The van der Waals surface area contributed by atoms with E-state index in [1.165, 1.54) is 7.11 Å². The molecule has 1 amide bonds. The van der Waals surface area contributed by atoms with Crippen molar-refractivity contribution in [3.8, 4) is 5.75 Å². The molecular formula is C18H22N4O6. The molecule has 0 saturated heterocycles. The molecule has 1 atom stereocenters. The first-order chi connectivity index (χ1) is 13.4. The van der Waals surface area contributed by atoms with Crippen molar-refractivity contribution in [3.05, 3.63) is 35.2 Å². The zero-order valence-corrected chi connectivity index (χ0v) is 16.3. The Morgan fingerprint density at radius 1 is 1.14 bits per heavy atom. The van der Waals surface area contributed by atoms with Gasteiger partial charge in [-0.1, -0.05) is 18.2 Å². The number of ether oxygens (including phenoxy) is 3. The van der Waals surface area contributed by atoms with Crippen LogP contribution in [0.25, 0.3) is 0 Å². The predicted molar refractivity (Wildman–Crippen MR) is 98.4 cm³/mol. The molecule has 28 heavy (non-hydrogen) atoms. The highest BCUT2D eigenvalue weighted by Crippen LogP contribution is 2.27. The SMILES string of the molecule is CC[C@H](C(=O)Nc1cc(C)ccc1OC)n1nnc(C(=O)OC)c1C(=O)OC. The van der Waals surface area contributed by atoms with Crippen molar-refractivity contribution in [1.82, 2.24) is 15.0 Å². The Labute approximate surface area is 161 Å². The molecule has 0 fully saturated rings. The monoisotopic (exact) mass is 390 g/mol. The third kappa shape index (κ3) is 4.11. The fraction of sp³-hybridized carbons (Fsp3) is 0.389. The lowest BCUT2D eigenvalue weighted by Crippen LogP contribution is -2.29. The maximum atomic E-state index is 12.9. The molecule has 2 rings (SSSR count). The van der Waals surface area contributed by atoms with E-state index in [1.54, 1.807) is 19.1 Å². The number of hydrogen-bond acceptors (Lipinski definition) is 8. The largest absolute Gasteiger partial charge is 0.495 e. The fourth-order valence-corrected chi connectivity index (χ4v) is 2.64. The van der Waals surface area contributed by atoms with Crippen LogP contribution in [0.15, 0.2) is 18.2 Å². The Hall–Kier alpha value is -3.43. The number of aromatic nitrogens is 3. The van der Waals surface area contributed by atoms with Crippen molar-refractivity contribution in [2.24, 2.45) is 0 Å². The molecule has 0 aliphatic carbocycles. The number of rotatable bonds is 7. The summed E-state index contributed by atoms with van der Waals surface area (Å²) < 4.78 is 15.7. The summed E-state index contributed by atoms with van der Waals surface area (Å²) in [5.74, 6) is -1.69. The number of carbonyl (C=O) groups excluding carboxylic acids is 3. The first-order valence-corrected chi connectivity index (χ1v) is 8.45. The molecule has 0 spiro atoms. The summed E-state index contributed by atoms with van der Waals surface area (Å²) in [4.78, 5) is 37.0. The van der Waals surface area contributed by atoms with Gasteiger partial charge in [-0.3, -0.25) is 4.79 Å². The highest BCUT2D eigenvalue weighted by molar-refractivity contribution is 6.01. The van der Waals surface area contributed by atoms with Crippen molar-refractivity contribution in [3.63, 3.8) is 0 Å². The van der Waals surface area contributed by atoms with Crippen LogP contribution in [0.2, 0.25) is 0 Å². The van der Waals surface area contributed by atoms with Crippen molar-refractivity contribution in [2.45, 2.75) is 26.3 Å². The Morgan fingerprint density at radius 2 is 1.82 bits per heavy atom. The molecule has 1 aromatic heterocycles. The number of anilines is 1. The van der Waals surface area contributed by atoms with Crippen LogP contribution in [-0.2, 0) is 14.3 Å². The van der Waals surface area contributed by atoms with Crippen LogP contribution in [-0.4, -0.2) is 54.2 Å². The molecule has 0 saturated carbocycles. The van der Waals surface area contributed by atoms with E-state index in [-0.39, 0.29) is 17.8 Å². The lowest BCUT2D eigenvalue weighted by Gasteiger charge is -2.18. The van der Waals surface area contributed by atoms with Gasteiger partial charge in [0.15, 0.2) is 5.69 Å². The lowest BCUT2D eigenvalue weighted by atomic mass is 10.1. The molecule has 0 aliphatic heterocycles. The van der Waals surface area contributed by atoms with Crippen LogP contribution < -0.4 is 10.1 Å². The average molecular weight is 390 g/mol. The van der Waals surface area contributed by atoms with Crippen LogP contribution >= 0.6 is 0 Å². The fourth-order valence-electron chi connectivity index (χ4n) is 2.64. The Balaban J connectivity index is 2.44. The third-order valence-electron chi connectivity index (χ3n) is 4.05. The number of nitrogens with zero attached hydrogens (tertiary/aromatic N) is 3. The summed E-state index contributed by atoms with van der Waals surface area (Å²) in [5.41, 5.74) is 0.813. The van der Waals surface area contributed by atoms with E-state index in [4.69, 9.17) is 9.47 Å². The van der Waals surface area contributed by atoms with Crippen LogP contribution in [0.3, 0.4) is 0 Å². The van der Waals surface area contributed by atoms with E-state index in [1.807, 2.05) is 13.0 Å². The average Bonchev–Trinajstić information content (AvgIpc) is 3.12. The molecule has 2 aromatic rings. The summed E-state index contributed by atoms with van der Waals surface area (Å²) in [7, 11) is 3.79. The number of nitrogens with one attached hydrogen (secondary N) is 1. The maximum absolute atomic E-state index is 12.9. The number of carbonyl (C=O) groups is 3. The van der Waals surface area contributed by atoms with E-state index in [9.17, 15) is 14.4 Å². The summed E-state index contributed by atoms with van der Waals surface area (Å²) in [6.07, 6.45) is 0.272. The molecular weight excluding hydrogens is 368 g/mol. The Bertz CT molecular complexity index is 892. The van der Waals surface area contributed by atoms with Gasteiger partial charge in [0, 0.05) is 0 Å². The van der Waals surface area contributed by atoms with Crippen molar-refractivity contribution in [1.29, 1.82) is 0 Å². The van der Waals surface area contributed by atoms with Crippen LogP contribution in [0.5, 0.6) is 5.75 Å². The normalized spacial score (nSPS) is 11.5. The van der Waals surface area contributed by atoms with E-state index in [0.29, 0.717) is 11.4 Å². The first kappa shape index (κ1) is 20.9. The zero-order valence-electron chi connectivity index (χ0n) is 16.3. The summed E-state index contributed by atoms with van der Waals surface area (Å²) >= 11 is 0. The summed E-state index contributed by atoms with van der Waals surface area (Å²) in [6, 6.07) is 4.41. The highest BCUT2D eigenvalue weighted by Gasteiger charge is 2.32. The van der Waals surface area contributed by atoms with Gasteiger partial charge in [-0.05, 0) is 31.0 Å². The van der Waals surface area contributed by atoms with Crippen molar-refractivity contribution in [2.75, 3.05) is 26.6 Å². The van der Waals surface area contributed by atoms with E-state index >= 15 is 0 Å². The van der Waals surface area contributed by atoms with Crippen LogP contribution in [0.1, 0.15) is 45.9 Å². The predicted octanol–water partition coefficient (Wildman–Crippen LogP) is 1.76. The summed E-state index contributed by atoms with van der Waals surface area (Å²) in [5, 5.41) is 10.3. The van der Waals surface area contributed by atoms with Gasteiger partial charge < -0.3 is 19.5 Å². The first-order valence-electron chi connectivity index (χ1n) is 8.45. The quantitative estimate of drug-likeness (QED) is 0.710. The number of methoxy groups -OCH3 is 3. The number of amides is 1. The van der Waals surface area contributed by atoms with Gasteiger partial charge in [0.1, 0.15) is 11.8 Å². The number of aryl methyl sites for hydroxylation is 1. The van der Waals surface area contributed by atoms with Gasteiger partial charge in [-0.2, -0.15) is 0 Å². The number of benzene rings is 1. The Morgan fingerprint density at radius 3 is 2.39 bits per heavy atom. The van der Waals surface area contributed by atoms with Gasteiger partial charge in [0.05, 0.1) is 27.0 Å². The van der Waals surface area contributed by atoms with E-state index in [2.05, 4.69) is 20.4 Å². The molecule has 0 radical (unpaired) electrons. The smallest absolute Gasteiger partial charge is 0.361 e. The second kappa shape index (κ2) is 8.98. The molecule has 10 heteroatoms. The van der Waals surface area contributed by atoms with E-state index < -0.39 is 23.9 Å². The molecule has 1 aromatic carbocycles. The second-order valence-corrected chi connectivity index (χ2v) is 5.83. The molecule has 150 valence electrons. The molecule has 0 bridgehead atoms. The topological polar surface area (TPSA) is 122 Å². The number of esters is 2. The third-order valence-corrected chi connectivity index (χ3v) is 4.05. The molecule has 1 N–H and O–H groups in total. The van der Waals surface area contributed by atoms with Crippen LogP contribution in [0.4, 0.5) is 5.69 Å². The minimum atomic E-state index is -0.926. The summed E-state index contributed by atoms with van der Waals surface area (Å²) in [6.45, 7) is 3.61. The minimum absolute atomic E-state index is 0.257. The van der Waals surface area contributed by atoms with Crippen molar-refractivity contribution >= 4 is 23.5 Å². The molecule has 10 nitrogen and oxygen atoms in total.